The molecule has 30 heavy (non-hydrogen) atoms. The molecule has 1 aromatic heterocycles. The summed E-state index contributed by atoms with van der Waals surface area (Å²) in [5.41, 5.74) is 5.20. The molecule has 152 valence electrons. The Labute approximate surface area is 183 Å². The molecule has 0 aliphatic heterocycles. The van der Waals surface area contributed by atoms with Gasteiger partial charge in [-0.2, -0.15) is 0 Å². The van der Waals surface area contributed by atoms with Crippen LogP contribution in [0.4, 0.5) is 5.69 Å². The maximum atomic E-state index is 12.5. The third kappa shape index (κ3) is 4.61. The number of aryl methyl sites for hydroxylation is 1. The van der Waals surface area contributed by atoms with E-state index in [9.17, 15) is 4.79 Å². The van der Waals surface area contributed by atoms with E-state index in [4.69, 9.17) is 16.3 Å². The second-order valence-corrected chi connectivity index (χ2v) is 8.20. The van der Waals surface area contributed by atoms with Gasteiger partial charge in [-0.25, -0.2) is 4.98 Å². The Morgan fingerprint density at radius 3 is 2.67 bits per heavy atom. The first kappa shape index (κ1) is 20.3. The van der Waals surface area contributed by atoms with Crippen molar-refractivity contribution < 1.29 is 9.53 Å². The number of benzene rings is 3. The van der Waals surface area contributed by atoms with Gasteiger partial charge >= 0.3 is 0 Å². The lowest BCUT2D eigenvalue weighted by Crippen LogP contribution is -2.11. The van der Waals surface area contributed by atoms with Gasteiger partial charge in [0, 0.05) is 28.1 Å². The Bertz CT molecular complexity index is 1210. The Kier molecular flexibility index (Phi) is 5.97. The summed E-state index contributed by atoms with van der Waals surface area (Å²) in [4.78, 5) is 20.4. The fourth-order valence-corrected chi connectivity index (χ4v) is 3.96. The standard InChI is InChI=1S/C23H20ClN3O2S/c1-14-3-8-17(11-19(14)24)25-22(28)16-6-4-15(5-7-16)13-30-23-26-20-10-9-18(29-2)12-21(20)27-23/h3-12H,13H2,1-2H3,(H,25,28)(H,26,27). The summed E-state index contributed by atoms with van der Waals surface area (Å²) in [7, 11) is 1.65. The van der Waals surface area contributed by atoms with Gasteiger partial charge < -0.3 is 15.0 Å². The number of aromatic amines is 1. The quantitative estimate of drug-likeness (QED) is 0.359. The molecule has 0 spiro atoms. The number of ether oxygens (including phenoxy) is 1. The Balaban J connectivity index is 1.38. The fourth-order valence-electron chi connectivity index (χ4n) is 2.94. The van der Waals surface area contributed by atoms with Crippen LogP contribution in [0.2, 0.25) is 5.02 Å². The van der Waals surface area contributed by atoms with Gasteiger partial charge in [-0.3, -0.25) is 4.79 Å². The van der Waals surface area contributed by atoms with Crippen molar-refractivity contribution in [1.82, 2.24) is 9.97 Å². The van der Waals surface area contributed by atoms with E-state index in [-0.39, 0.29) is 5.91 Å². The molecule has 0 saturated carbocycles. The van der Waals surface area contributed by atoms with Crippen molar-refractivity contribution in [3.63, 3.8) is 0 Å². The third-order valence-electron chi connectivity index (χ3n) is 4.69. The molecule has 0 unspecified atom stereocenters. The molecule has 0 radical (unpaired) electrons. The number of anilines is 1. The number of rotatable bonds is 6. The maximum absolute atomic E-state index is 12.5. The summed E-state index contributed by atoms with van der Waals surface area (Å²) < 4.78 is 5.25. The smallest absolute Gasteiger partial charge is 0.255 e. The second-order valence-electron chi connectivity index (χ2n) is 6.83. The molecule has 5 nitrogen and oxygen atoms in total. The van der Waals surface area contributed by atoms with Crippen molar-refractivity contribution >= 4 is 46.0 Å². The van der Waals surface area contributed by atoms with Crippen molar-refractivity contribution in [2.24, 2.45) is 0 Å². The summed E-state index contributed by atoms with van der Waals surface area (Å²) in [5, 5.41) is 4.35. The first-order valence-electron chi connectivity index (χ1n) is 9.35. The molecule has 4 rings (SSSR count). The normalized spacial score (nSPS) is 10.9. The molecule has 0 bridgehead atoms. The van der Waals surface area contributed by atoms with Gasteiger partial charge in [0.05, 0.1) is 18.1 Å². The Morgan fingerprint density at radius 1 is 1.13 bits per heavy atom. The third-order valence-corrected chi connectivity index (χ3v) is 6.04. The number of hydrogen-bond acceptors (Lipinski definition) is 4. The van der Waals surface area contributed by atoms with Gasteiger partial charge in [-0.05, 0) is 54.4 Å². The van der Waals surface area contributed by atoms with E-state index < -0.39 is 0 Å². The number of nitrogens with zero attached hydrogens (tertiary/aromatic N) is 1. The van der Waals surface area contributed by atoms with Crippen molar-refractivity contribution in [2.45, 2.75) is 17.8 Å². The molecule has 1 heterocycles. The second kappa shape index (κ2) is 8.81. The summed E-state index contributed by atoms with van der Waals surface area (Å²) in [6, 6.07) is 18.8. The van der Waals surface area contributed by atoms with Gasteiger partial charge in [0.15, 0.2) is 5.16 Å². The molecular weight excluding hydrogens is 418 g/mol. The fraction of sp³-hybridized carbons (Fsp3) is 0.130. The maximum Gasteiger partial charge on any atom is 0.255 e. The number of aromatic nitrogens is 2. The average Bonchev–Trinajstić information content (AvgIpc) is 3.17. The number of halogens is 1. The predicted octanol–water partition coefficient (Wildman–Crippen LogP) is 6.08. The van der Waals surface area contributed by atoms with Crippen LogP contribution < -0.4 is 10.1 Å². The molecule has 0 fully saturated rings. The molecule has 3 aromatic carbocycles. The highest BCUT2D eigenvalue weighted by Crippen LogP contribution is 2.26. The number of carbonyl (C=O) groups is 1. The Hall–Kier alpha value is -2.96. The van der Waals surface area contributed by atoms with E-state index in [1.54, 1.807) is 24.9 Å². The summed E-state index contributed by atoms with van der Waals surface area (Å²) in [5.74, 6) is 1.37. The Morgan fingerprint density at radius 2 is 1.93 bits per heavy atom. The van der Waals surface area contributed by atoms with E-state index in [0.717, 1.165) is 38.8 Å². The molecule has 0 atom stereocenters. The molecule has 0 aliphatic carbocycles. The lowest BCUT2D eigenvalue weighted by molar-refractivity contribution is 0.102. The summed E-state index contributed by atoms with van der Waals surface area (Å²) >= 11 is 7.73. The number of amides is 1. The van der Waals surface area contributed by atoms with E-state index in [0.29, 0.717) is 16.3 Å². The zero-order valence-electron chi connectivity index (χ0n) is 16.5. The van der Waals surface area contributed by atoms with Gasteiger partial charge in [-0.1, -0.05) is 41.6 Å². The van der Waals surface area contributed by atoms with Crippen LogP contribution in [0, 0.1) is 6.92 Å². The number of methoxy groups -OCH3 is 1. The van der Waals surface area contributed by atoms with Crippen LogP contribution in [0.5, 0.6) is 5.75 Å². The van der Waals surface area contributed by atoms with E-state index in [2.05, 4.69) is 15.3 Å². The SMILES string of the molecule is COc1ccc2nc(SCc3ccc(C(=O)Nc4ccc(C)c(Cl)c4)cc3)[nH]c2c1. The number of H-pyrrole nitrogens is 1. The van der Waals surface area contributed by atoms with Gasteiger partial charge in [0.25, 0.3) is 5.91 Å². The summed E-state index contributed by atoms with van der Waals surface area (Å²) in [6.45, 7) is 1.92. The minimum absolute atomic E-state index is 0.166. The number of fused-ring (bicyclic) bond motifs is 1. The van der Waals surface area contributed by atoms with Crippen LogP contribution in [-0.4, -0.2) is 23.0 Å². The number of hydrogen-bond donors (Lipinski definition) is 2. The van der Waals surface area contributed by atoms with E-state index in [1.807, 2.05) is 61.5 Å². The molecule has 2 N–H and O–H groups in total. The number of nitrogens with one attached hydrogen (secondary N) is 2. The monoisotopic (exact) mass is 437 g/mol. The highest BCUT2D eigenvalue weighted by molar-refractivity contribution is 7.98. The highest BCUT2D eigenvalue weighted by atomic mass is 35.5. The zero-order chi connectivity index (χ0) is 21.1. The molecule has 4 aromatic rings. The van der Waals surface area contributed by atoms with E-state index >= 15 is 0 Å². The van der Waals surface area contributed by atoms with Crippen LogP contribution in [0.3, 0.4) is 0 Å². The first-order chi connectivity index (χ1) is 14.5. The summed E-state index contributed by atoms with van der Waals surface area (Å²) in [6.07, 6.45) is 0. The lowest BCUT2D eigenvalue weighted by Gasteiger charge is -2.07. The van der Waals surface area contributed by atoms with Gasteiger partial charge in [0.1, 0.15) is 5.75 Å². The minimum Gasteiger partial charge on any atom is -0.497 e. The van der Waals surface area contributed by atoms with Crippen molar-refractivity contribution in [3.05, 3.63) is 82.4 Å². The van der Waals surface area contributed by atoms with Crippen LogP contribution in [0.25, 0.3) is 11.0 Å². The van der Waals surface area contributed by atoms with Gasteiger partial charge in [-0.15, -0.1) is 0 Å². The largest absolute Gasteiger partial charge is 0.497 e. The van der Waals surface area contributed by atoms with Crippen LogP contribution in [-0.2, 0) is 5.75 Å². The van der Waals surface area contributed by atoms with Crippen LogP contribution in [0.1, 0.15) is 21.5 Å². The number of thioether (sulfide) groups is 1. The zero-order valence-corrected chi connectivity index (χ0v) is 18.1. The number of carbonyl (C=O) groups excluding carboxylic acids is 1. The van der Waals surface area contributed by atoms with Crippen LogP contribution >= 0.6 is 23.4 Å². The van der Waals surface area contributed by atoms with Crippen molar-refractivity contribution in [1.29, 1.82) is 0 Å². The molecule has 0 aliphatic rings. The topological polar surface area (TPSA) is 67.0 Å². The molecule has 1 amide bonds. The van der Waals surface area contributed by atoms with Crippen molar-refractivity contribution in [2.75, 3.05) is 12.4 Å². The lowest BCUT2D eigenvalue weighted by atomic mass is 10.1. The highest BCUT2D eigenvalue weighted by Gasteiger charge is 2.09. The van der Waals surface area contributed by atoms with Crippen molar-refractivity contribution in [3.8, 4) is 5.75 Å². The first-order valence-corrected chi connectivity index (χ1v) is 10.7. The van der Waals surface area contributed by atoms with Gasteiger partial charge in [0.2, 0.25) is 0 Å². The molecule has 0 saturated heterocycles. The average molecular weight is 438 g/mol. The molecule has 7 heteroatoms. The molecular formula is C23H20ClN3O2S. The minimum atomic E-state index is -0.166. The van der Waals surface area contributed by atoms with Crippen LogP contribution in [0.15, 0.2) is 65.8 Å². The van der Waals surface area contributed by atoms with E-state index in [1.165, 1.54) is 0 Å². The number of imidazole rings is 1. The predicted molar refractivity (Wildman–Crippen MR) is 123 cm³/mol.